The van der Waals surface area contributed by atoms with Crippen LogP contribution in [-0.4, -0.2) is 41.2 Å². The smallest absolute Gasteiger partial charge is 0.256 e. The topological polar surface area (TPSA) is 65.2 Å². The van der Waals surface area contributed by atoms with Crippen molar-refractivity contribution in [2.45, 2.75) is 66.2 Å². The molecule has 1 aliphatic heterocycles. The molecule has 3 rings (SSSR count). The van der Waals surface area contributed by atoms with Gasteiger partial charge in [-0.2, -0.15) is 0 Å². The summed E-state index contributed by atoms with van der Waals surface area (Å²) in [5, 5.41) is 2.95. The number of ketones is 1. The molecule has 5 nitrogen and oxygen atoms in total. The average Bonchev–Trinajstić information content (AvgIpc) is 3.29. The molecule has 0 aliphatic carbocycles. The van der Waals surface area contributed by atoms with Crippen molar-refractivity contribution in [1.29, 1.82) is 0 Å². The molecule has 1 aromatic heterocycles. The van der Waals surface area contributed by atoms with E-state index in [0.29, 0.717) is 12.0 Å². The maximum absolute atomic E-state index is 13.5. The second-order valence-corrected chi connectivity index (χ2v) is 10.2. The van der Waals surface area contributed by atoms with Gasteiger partial charge < -0.3 is 15.2 Å². The van der Waals surface area contributed by atoms with Gasteiger partial charge in [0.05, 0.1) is 5.57 Å². The van der Waals surface area contributed by atoms with Crippen LogP contribution in [0.15, 0.2) is 22.7 Å². The highest BCUT2D eigenvalue weighted by Crippen LogP contribution is 2.38. The lowest BCUT2D eigenvalue weighted by Gasteiger charge is -2.18. The van der Waals surface area contributed by atoms with Crippen LogP contribution in [0.25, 0.3) is 11.6 Å². The Hall–Kier alpha value is -2.18. The fraction of sp³-hybridized carbons (Fsp3) is 0.481. The number of Topliss-reactive ketones (excluding diaryl/α,β-unsaturated/α-hetero) is 1. The van der Waals surface area contributed by atoms with E-state index in [1.54, 1.807) is 0 Å². The molecule has 0 radical (unpaired) electrons. The molecule has 6 heteroatoms. The van der Waals surface area contributed by atoms with Crippen LogP contribution >= 0.6 is 15.9 Å². The molecule has 2 heterocycles. The number of H-pyrrole nitrogens is 1. The molecular weight excluding hydrogens is 478 g/mol. The molecule has 0 saturated heterocycles. The minimum atomic E-state index is -0.120. The van der Waals surface area contributed by atoms with E-state index in [1.165, 1.54) is 0 Å². The lowest BCUT2D eigenvalue weighted by Crippen LogP contribution is -2.24. The summed E-state index contributed by atoms with van der Waals surface area (Å²) in [5.41, 5.74) is 5.95. The second kappa shape index (κ2) is 10.8. The Morgan fingerprint density at radius 1 is 1.12 bits per heavy atom. The predicted octanol–water partition coefficient (Wildman–Crippen LogP) is 6.82. The number of nitrogens with zero attached hydrogens (tertiary/aromatic N) is 1. The standard InChI is InChI=1S/C27H36BrN3O2/c1-7-31(8-2)13-9-10-23(32)25-24(16(3)4)22(29-26(25)17(5)6)15-20-19-14-18(28)11-12-21(19)30-27(20)33/h11-12,14-17,29H,7-10,13H2,1-6H3,(H,30,33)/b20-15-. The fourth-order valence-corrected chi connectivity index (χ4v) is 4.94. The summed E-state index contributed by atoms with van der Waals surface area (Å²) in [6.07, 6.45) is 3.29. The van der Waals surface area contributed by atoms with E-state index < -0.39 is 0 Å². The van der Waals surface area contributed by atoms with Crippen LogP contribution in [0.3, 0.4) is 0 Å². The molecule has 0 atom stereocenters. The van der Waals surface area contributed by atoms with Gasteiger partial charge in [0, 0.05) is 39.1 Å². The van der Waals surface area contributed by atoms with E-state index in [-0.39, 0.29) is 23.5 Å². The SMILES string of the molecule is CCN(CC)CCCC(=O)c1c(C(C)C)[nH]c(/C=C2\C(=O)Nc3ccc(Br)cc32)c1C(C)C. The fourth-order valence-electron chi connectivity index (χ4n) is 4.58. The molecule has 0 bridgehead atoms. The summed E-state index contributed by atoms with van der Waals surface area (Å²) in [5.74, 6) is 0.393. The molecule has 0 spiro atoms. The van der Waals surface area contributed by atoms with E-state index in [1.807, 2.05) is 24.3 Å². The van der Waals surface area contributed by atoms with Gasteiger partial charge in [-0.15, -0.1) is 0 Å². The van der Waals surface area contributed by atoms with Crippen LogP contribution in [0, 0.1) is 0 Å². The van der Waals surface area contributed by atoms with Crippen LogP contribution in [-0.2, 0) is 4.79 Å². The first kappa shape index (κ1) is 25.4. The number of amides is 1. The summed E-state index contributed by atoms with van der Waals surface area (Å²) in [7, 11) is 0. The molecule has 1 aliphatic rings. The molecule has 2 N–H and O–H groups in total. The molecule has 33 heavy (non-hydrogen) atoms. The molecule has 2 aromatic rings. The van der Waals surface area contributed by atoms with Gasteiger partial charge in [0.25, 0.3) is 5.91 Å². The molecule has 0 fully saturated rings. The van der Waals surface area contributed by atoms with E-state index >= 15 is 0 Å². The van der Waals surface area contributed by atoms with Gasteiger partial charge in [0.15, 0.2) is 5.78 Å². The first-order valence-corrected chi connectivity index (χ1v) is 12.8. The van der Waals surface area contributed by atoms with Crippen LogP contribution < -0.4 is 5.32 Å². The van der Waals surface area contributed by atoms with Gasteiger partial charge in [0.1, 0.15) is 0 Å². The zero-order valence-corrected chi connectivity index (χ0v) is 22.2. The summed E-state index contributed by atoms with van der Waals surface area (Å²) < 4.78 is 0.922. The highest BCUT2D eigenvalue weighted by molar-refractivity contribution is 9.10. The van der Waals surface area contributed by atoms with Gasteiger partial charge in [-0.25, -0.2) is 0 Å². The van der Waals surface area contributed by atoms with Crippen molar-refractivity contribution in [2.75, 3.05) is 25.0 Å². The summed E-state index contributed by atoms with van der Waals surface area (Å²) >= 11 is 3.51. The van der Waals surface area contributed by atoms with E-state index in [9.17, 15) is 9.59 Å². The summed E-state index contributed by atoms with van der Waals surface area (Å²) in [4.78, 5) is 32.1. The number of halogens is 1. The first-order chi connectivity index (χ1) is 15.7. The average molecular weight is 515 g/mol. The Balaban J connectivity index is 2.03. The van der Waals surface area contributed by atoms with Gasteiger partial charge in [-0.3, -0.25) is 9.59 Å². The van der Waals surface area contributed by atoms with Crippen molar-refractivity contribution in [3.05, 3.63) is 50.8 Å². The Bertz CT molecular complexity index is 1060. The summed E-state index contributed by atoms with van der Waals surface area (Å²) in [6, 6.07) is 5.78. The molecule has 0 saturated carbocycles. The zero-order chi connectivity index (χ0) is 24.3. The highest BCUT2D eigenvalue weighted by Gasteiger charge is 2.28. The molecule has 1 amide bonds. The first-order valence-electron chi connectivity index (χ1n) is 12.0. The summed E-state index contributed by atoms with van der Waals surface area (Å²) in [6.45, 7) is 15.7. The number of nitrogens with one attached hydrogen (secondary N) is 2. The monoisotopic (exact) mass is 513 g/mol. The minimum absolute atomic E-state index is 0.120. The molecule has 178 valence electrons. The lowest BCUT2D eigenvalue weighted by atomic mass is 9.90. The largest absolute Gasteiger partial charge is 0.358 e. The second-order valence-electron chi connectivity index (χ2n) is 9.31. The Labute approximate surface area is 206 Å². The maximum atomic E-state index is 13.5. The quantitative estimate of drug-likeness (QED) is 0.270. The van der Waals surface area contributed by atoms with Crippen molar-refractivity contribution in [3.8, 4) is 0 Å². The maximum Gasteiger partial charge on any atom is 0.256 e. The number of hydrogen-bond acceptors (Lipinski definition) is 3. The van der Waals surface area contributed by atoms with Crippen molar-refractivity contribution in [1.82, 2.24) is 9.88 Å². The van der Waals surface area contributed by atoms with Crippen LogP contribution in [0.2, 0.25) is 0 Å². The minimum Gasteiger partial charge on any atom is -0.358 e. The normalized spacial score (nSPS) is 14.6. The molecule has 1 aromatic carbocycles. The van der Waals surface area contributed by atoms with Gasteiger partial charge in [0.2, 0.25) is 0 Å². The number of aromatic nitrogens is 1. The molecular formula is C27H36BrN3O2. The molecule has 0 unspecified atom stereocenters. The number of hydrogen-bond donors (Lipinski definition) is 2. The predicted molar refractivity (Wildman–Crippen MR) is 141 cm³/mol. The lowest BCUT2D eigenvalue weighted by molar-refractivity contribution is -0.110. The number of carbonyl (C=O) groups is 2. The van der Waals surface area contributed by atoms with Crippen LogP contribution in [0.1, 0.15) is 99.1 Å². The Morgan fingerprint density at radius 2 is 1.82 bits per heavy atom. The van der Waals surface area contributed by atoms with E-state index in [0.717, 1.165) is 64.3 Å². The van der Waals surface area contributed by atoms with Gasteiger partial charge in [-0.05, 0) is 67.7 Å². The number of benzene rings is 1. The third-order valence-corrected chi connectivity index (χ3v) is 6.85. The number of aromatic amines is 1. The zero-order valence-electron chi connectivity index (χ0n) is 20.6. The number of carbonyl (C=O) groups excluding carboxylic acids is 2. The Morgan fingerprint density at radius 3 is 2.42 bits per heavy atom. The number of anilines is 1. The van der Waals surface area contributed by atoms with Crippen molar-refractivity contribution < 1.29 is 9.59 Å². The van der Waals surface area contributed by atoms with Crippen molar-refractivity contribution in [2.24, 2.45) is 0 Å². The van der Waals surface area contributed by atoms with E-state index in [4.69, 9.17) is 0 Å². The van der Waals surface area contributed by atoms with Crippen LogP contribution in [0.5, 0.6) is 0 Å². The van der Waals surface area contributed by atoms with Gasteiger partial charge in [-0.1, -0.05) is 57.5 Å². The van der Waals surface area contributed by atoms with Crippen LogP contribution in [0.4, 0.5) is 5.69 Å². The number of fused-ring (bicyclic) bond motifs is 1. The van der Waals surface area contributed by atoms with Crippen molar-refractivity contribution >= 4 is 45.0 Å². The highest BCUT2D eigenvalue weighted by atomic mass is 79.9. The number of rotatable bonds is 10. The Kier molecular flexibility index (Phi) is 8.35. The third-order valence-electron chi connectivity index (χ3n) is 6.36. The van der Waals surface area contributed by atoms with Crippen molar-refractivity contribution in [3.63, 3.8) is 0 Å². The third kappa shape index (κ3) is 5.49. The van der Waals surface area contributed by atoms with Gasteiger partial charge >= 0.3 is 0 Å². The van der Waals surface area contributed by atoms with E-state index in [2.05, 4.69) is 72.7 Å².